The maximum atomic E-state index is 11.4. The Balaban J connectivity index is 3.72. The molecule has 1 amide bonds. The van der Waals surface area contributed by atoms with Gasteiger partial charge in [-0.15, -0.1) is 0 Å². The lowest BCUT2D eigenvalue weighted by atomic mass is 10.1. The molecule has 0 bridgehead atoms. The van der Waals surface area contributed by atoms with Gasteiger partial charge in [0, 0.05) is 19.7 Å². The van der Waals surface area contributed by atoms with Gasteiger partial charge in [0.05, 0.1) is 6.61 Å². The number of carbonyl (C=O) groups excluding carboxylic acids is 1. The number of ether oxygens (including phenoxy) is 2. The lowest BCUT2D eigenvalue weighted by Gasteiger charge is -2.20. The van der Waals surface area contributed by atoms with E-state index >= 15 is 0 Å². The maximum absolute atomic E-state index is 11.4. The first-order chi connectivity index (χ1) is 8.89. The van der Waals surface area contributed by atoms with E-state index in [4.69, 9.17) is 9.47 Å². The number of hydrogen-bond acceptors (Lipinski definition) is 4. The van der Waals surface area contributed by atoms with E-state index in [-0.39, 0.29) is 6.09 Å². The summed E-state index contributed by atoms with van der Waals surface area (Å²) in [6.45, 7) is 10.0. The van der Waals surface area contributed by atoms with Crippen LogP contribution in [0.3, 0.4) is 0 Å². The second-order valence-electron chi connectivity index (χ2n) is 5.68. The largest absolute Gasteiger partial charge is 0.444 e. The van der Waals surface area contributed by atoms with Crippen molar-refractivity contribution < 1.29 is 14.3 Å². The fourth-order valence-electron chi connectivity index (χ4n) is 1.65. The predicted molar refractivity (Wildman–Crippen MR) is 77.4 cm³/mol. The lowest BCUT2D eigenvalue weighted by Crippen LogP contribution is -2.36. The van der Waals surface area contributed by atoms with Gasteiger partial charge in [-0.25, -0.2) is 4.79 Å². The molecule has 0 rings (SSSR count). The van der Waals surface area contributed by atoms with E-state index < -0.39 is 5.60 Å². The van der Waals surface area contributed by atoms with E-state index in [1.807, 2.05) is 20.8 Å². The Morgan fingerprint density at radius 1 is 1.26 bits per heavy atom. The van der Waals surface area contributed by atoms with E-state index in [1.165, 1.54) is 0 Å². The van der Waals surface area contributed by atoms with E-state index in [0.29, 0.717) is 19.2 Å². The zero-order chi connectivity index (χ0) is 14.7. The van der Waals surface area contributed by atoms with E-state index in [2.05, 4.69) is 17.6 Å². The molecule has 0 aliphatic heterocycles. The fraction of sp³-hybridized carbons (Fsp3) is 0.929. The van der Waals surface area contributed by atoms with Crippen molar-refractivity contribution in [3.63, 3.8) is 0 Å². The topological polar surface area (TPSA) is 59.6 Å². The molecular formula is C14H30N2O3. The summed E-state index contributed by atoms with van der Waals surface area (Å²) in [7, 11) is 1.71. The van der Waals surface area contributed by atoms with Gasteiger partial charge >= 0.3 is 6.09 Å². The molecule has 0 saturated heterocycles. The number of rotatable bonds is 9. The molecule has 0 aromatic heterocycles. The molecule has 0 spiro atoms. The highest BCUT2D eigenvalue weighted by molar-refractivity contribution is 5.67. The van der Waals surface area contributed by atoms with Gasteiger partial charge in [-0.1, -0.05) is 6.92 Å². The molecule has 19 heavy (non-hydrogen) atoms. The molecule has 5 nitrogen and oxygen atoms in total. The van der Waals surface area contributed by atoms with Crippen LogP contribution in [0.2, 0.25) is 0 Å². The SMILES string of the molecule is CCCNC(CCCNC(=O)OC(C)(C)C)COC. The first kappa shape index (κ1) is 18.2. The van der Waals surface area contributed by atoms with Crippen molar-refractivity contribution in [2.75, 3.05) is 26.8 Å². The normalized spacial score (nSPS) is 13.1. The molecule has 0 saturated carbocycles. The highest BCUT2D eigenvalue weighted by atomic mass is 16.6. The van der Waals surface area contributed by atoms with Crippen LogP contribution in [-0.2, 0) is 9.47 Å². The van der Waals surface area contributed by atoms with Crippen LogP contribution in [0.25, 0.3) is 0 Å². The fourth-order valence-corrected chi connectivity index (χ4v) is 1.65. The van der Waals surface area contributed by atoms with Crippen molar-refractivity contribution in [2.45, 2.75) is 58.6 Å². The van der Waals surface area contributed by atoms with Crippen LogP contribution in [-0.4, -0.2) is 44.5 Å². The van der Waals surface area contributed by atoms with Crippen molar-refractivity contribution >= 4 is 6.09 Å². The summed E-state index contributed by atoms with van der Waals surface area (Å²) >= 11 is 0. The van der Waals surface area contributed by atoms with Gasteiger partial charge in [-0.05, 0) is 46.6 Å². The molecule has 0 aliphatic carbocycles. The predicted octanol–water partition coefficient (Wildman–Crippen LogP) is 2.31. The number of carbonyl (C=O) groups is 1. The maximum Gasteiger partial charge on any atom is 0.407 e. The Labute approximate surface area is 117 Å². The number of amides is 1. The summed E-state index contributed by atoms with van der Waals surface area (Å²) < 4.78 is 10.3. The van der Waals surface area contributed by atoms with Crippen LogP contribution in [0.5, 0.6) is 0 Å². The van der Waals surface area contributed by atoms with Crippen molar-refractivity contribution in [3.05, 3.63) is 0 Å². The molecule has 2 N–H and O–H groups in total. The van der Waals surface area contributed by atoms with Gasteiger partial charge in [0.25, 0.3) is 0 Å². The van der Waals surface area contributed by atoms with Gasteiger partial charge in [-0.3, -0.25) is 0 Å². The van der Waals surface area contributed by atoms with Gasteiger partial charge < -0.3 is 20.1 Å². The minimum absolute atomic E-state index is 0.350. The molecule has 0 aromatic carbocycles. The van der Waals surface area contributed by atoms with Gasteiger partial charge in [0.1, 0.15) is 5.60 Å². The summed E-state index contributed by atoms with van der Waals surface area (Å²) in [6, 6.07) is 0.352. The molecule has 0 aromatic rings. The summed E-state index contributed by atoms with van der Waals surface area (Å²) in [5.41, 5.74) is -0.439. The van der Waals surface area contributed by atoms with E-state index in [9.17, 15) is 4.79 Å². The van der Waals surface area contributed by atoms with Crippen LogP contribution in [0.4, 0.5) is 4.79 Å². The quantitative estimate of drug-likeness (QED) is 0.633. The third-order valence-electron chi connectivity index (χ3n) is 2.45. The Bertz CT molecular complexity index is 239. The molecule has 1 unspecified atom stereocenters. The van der Waals surface area contributed by atoms with Crippen LogP contribution < -0.4 is 10.6 Å². The Hall–Kier alpha value is -0.810. The number of alkyl carbamates (subject to hydrolysis) is 1. The van der Waals surface area contributed by atoms with E-state index in [0.717, 1.165) is 25.8 Å². The Morgan fingerprint density at radius 2 is 1.95 bits per heavy atom. The molecule has 114 valence electrons. The molecule has 5 heteroatoms. The van der Waals surface area contributed by atoms with Gasteiger partial charge in [0.2, 0.25) is 0 Å². The van der Waals surface area contributed by atoms with Crippen LogP contribution in [0.15, 0.2) is 0 Å². The van der Waals surface area contributed by atoms with Crippen molar-refractivity contribution in [1.82, 2.24) is 10.6 Å². The van der Waals surface area contributed by atoms with Crippen molar-refractivity contribution in [1.29, 1.82) is 0 Å². The minimum atomic E-state index is -0.439. The molecular weight excluding hydrogens is 244 g/mol. The standard InChI is InChI=1S/C14H30N2O3/c1-6-9-15-12(11-18-5)8-7-10-16-13(17)19-14(2,3)4/h12,15H,6-11H2,1-5H3,(H,16,17). The average Bonchev–Trinajstić information content (AvgIpc) is 2.29. The molecule has 0 aliphatic rings. The third-order valence-corrected chi connectivity index (χ3v) is 2.45. The van der Waals surface area contributed by atoms with E-state index in [1.54, 1.807) is 7.11 Å². The zero-order valence-corrected chi connectivity index (χ0v) is 13.0. The second-order valence-corrected chi connectivity index (χ2v) is 5.68. The lowest BCUT2D eigenvalue weighted by molar-refractivity contribution is 0.0526. The second kappa shape index (κ2) is 10.0. The van der Waals surface area contributed by atoms with Crippen LogP contribution >= 0.6 is 0 Å². The van der Waals surface area contributed by atoms with Gasteiger partial charge in [0.15, 0.2) is 0 Å². The van der Waals surface area contributed by atoms with Gasteiger partial charge in [-0.2, -0.15) is 0 Å². The average molecular weight is 274 g/mol. The number of methoxy groups -OCH3 is 1. The summed E-state index contributed by atoms with van der Waals surface area (Å²) in [5.74, 6) is 0. The summed E-state index contributed by atoms with van der Waals surface area (Å²) in [5, 5.41) is 6.19. The van der Waals surface area contributed by atoms with Crippen LogP contribution in [0, 0.1) is 0 Å². The first-order valence-electron chi connectivity index (χ1n) is 7.08. The number of nitrogens with one attached hydrogen (secondary N) is 2. The smallest absolute Gasteiger partial charge is 0.407 e. The highest BCUT2D eigenvalue weighted by Gasteiger charge is 2.15. The Kier molecular flexibility index (Phi) is 9.61. The van der Waals surface area contributed by atoms with Crippen molar-refractivity contribution in [3.8, 4) is 0 Å². The molecule has 0 heterocycles. The molecule has 0 fully saturated rings. The third kappa shape index (κ3) is 12.0. The summed E-state index contributed by atoms with van der Waals surface area (Å²) in [6.07, 6.45) is 2.64. The zero-order valence-electron chi connectivity index (χ0n) is 13.0. The molecule has 0 radical (unpaired) electrons. The van der Waals surface area contributed by atoms with Crippen molar-refractivity contribution in [2.24, 2.45) is 0 Å². The Morgan fingerprint density at radius 3 is 2.47 bits per heavy atom. The number of hydrogen-bond donors (Lipinski definition) is 2. The first-order valence-corrected chi connectivity index (χ1v) is 7.08. The van der Waals surface area contributed by atoms with Crippen LogP contribution in [0.1, 0.15) is 47.0 Å². The summed E-state index contributed by atoms with van der Waals surface area (Å²) in [4.78, 5) is 11.4. The molecule has 1 atom stereocenters. The minimum Gasteiger partial charge on any atom is -0.444 e. The highest BCUT2D eigenvalue weighted by Crippen LogP contribution is 2.06. The monoisotopic (exact) mass is 274 g/mol.